The molecule has 0 spiro atoms. The van der Waals surface area contributed by atoms with E-state index in [2.05, 4.69) is 5.10 Å². The minimum absolute atomic E-state index is 0.0371. The molecule has 0 bridgehead atoms. The lowest BCUT2D eigenvalue weighted by atomic mass is 10.0. The summed E-state index contributed by atoms with van der Waals surface area (Å²) >= 11 is 0. The summed E-state index contributed by atoms with van der Waals surface area (Å²) in [4.78, 5) is 29.6. The molecule has 1 aromatic heterocycles. The van der Waals surface area contributed by atoms with Gasteiger partial charge in [-0.25, -0.2) is 13.5 Å². The van der Waals surface area contributed by atoms with Gasteiger partial charge < -0.3 is 14.5 Å². The van der Waals surface area contributed by atoms with Gasteiger partial charge in [-0.05, 0) is 12.1 Å². The second-order valence-corrected chi connectivity index (χ2v) is 8.46. The molecule has 2 saturated heterocycles. The number of hydrogen-bond acceptors (Lipinski definition) is 5. The van der Waals surface area contributed by atoms with Crippen LogP contribution in [-0.2, 0) is 20.9 Å². The minimum Gasteiger partial charge on any atom is -0.375 e. The van der Waals surface area contributed by atoms with Crippen LogP contribution in [0.4, 0.5) is 8.78 Å². The Morgan fingerprint density at radius 2 is 1.97 bits per heavy atom. The Bertz CT molecular complexity index is 961. The van der Waals surface area contributed by atoms with Crippen molar-refractivity contribution in [3.05, 3.63) is 48.3 Å². The van der Waals surface area contributed by atoms with Gasteiger partial charge in [0.25, 0.3) is 5.92 Å². The Hall–Kier alpha value is -2.85. The van der Waals surface area contributed by atoms with E-state index in [9.17, 15) is 18.4 Å². The third-order valence-corrected chi connectivity index (χ3v) is 6.00. The van der Waals surface area contributed by atoms with Crippen LogP contribution in [0, 0.1) is 0 Å². The molecular formula is C22H27F2N5O3. The molecule has 2 amide bonds. The number of carbonyl (C=O) groups excluding carboxylic acids is 2. The van der Waals surface area contributed by atoms with Crippen molar-refractivity contribution in [1.82, 2.24) is 24.5 Å². The molecular weight excluding hydrogens is 420 g/mol. The lowest BCUT2D eigenvalue weighted by Gasteiger charge is -2.45. The van der Waals surface area contributed by atoms with Crippen LogP contribution in [0.25, 0.3) is 5.69 Å². The van der Waals surface area contributed by atoms with E-state index in [1.165, 1.54) is 12.0 Å². The molecule has 1 atom stereocenters. The molecule has 2 aromatic rings. The first-order valence-electron chi connectivity index (χ1n) is 10.5. The quantitative estimate of drug-likeness (QED) is 0.642. The van der Waals surface area contributed by atoms with E-state index in [-0.39, 0.29) is 31.0 Å². The molecule has 3 heterocycles. The lowest BCUT2D eigenvalue weighted by Crippen LogP contribution is -2.64. The van der Waals surface area contributed by atoms with Crippen molar-refractivity contribution in [2.75, 3.05) is 40.4 Å². The predicted octanol–water partition coefficient (Wildman–Crippen LogP) is 1.40. The summed E-state index contributed by atoms with van der Waals surface area (Å²) in [7, 11) is 3.05. The molecule has 0 saturated carbocycles. The number of halogens is 2. The summed E-state index contributed by atoms with van der Waals surface area (Å²) in [6, 6.07) is 8.40. The van der Waals surface area contributed by atoms with Crippen molar-refractivity contribution in [3.63, 3.8) is 0 Å². The number of ether oxygens (including phenoxy) is 1. The molecule has 2 fully saturated rings. The summed E-state index contributed by atoms with van der Waals surface area (Å²) in [6.45, 7) is 0.417. The van der Waals surface area contributed by atoms with Gasteiger partial charge in [0.1, 0.15) is 6.61 Å². The van der Waals surface area contributed by atoms with Crippen LogP contribution in [-0.4, -0.2) is 94.7 Å². The number of alkyl halides is 2. The molecule has 8 nitrogen and oxygen atoms in total. The molecule has 0 N–H and O–H groups in total. The average molecular weight is 447 g/mol. The summed E-state index contributed by atoms with van der Waals surface area (Å²) in [5, 5.41) is 4.33. The van der Waals surface area contributed by atoms with Crippen LogP contribution < -0.4 is 0 Å². The zero-order valence-corrected chi connectivity index (χ0v) is 18.2. The number of likely N-dealkylation sites (tertiary alicyclic amines) is 2. The standard InChI is InChI=1S/C22H27F2N5O3/c1-26(10-16-9-25-29(11-16)17-6-4-3-5-7-17)21(31)19-8-22(23,24)15-28(19)18-12-27(13-18)20(30)14-32-2/h3-7,9,11,18-19H,8,10,12-15H2,1-2H3/t19-/m0/s1. The molecule has 10 heteroatoms. The zero-order valence-electron chi connectivity index (χ0n) is 18.2. The van der Waals surface area contributed by atoms with E-state index in [0.717, 1.165) is 11.3 Å². The summed E-state index contributed by atoms with van der Waals surface area (Å²) in [5.41, 5.74) is 1.70. The SMILES string of the molecule is COCC(=O)N1CC(N2CC(F)(F)C[C@H]2C(=O)N(C)Cc2cnn(-c3ccccc3)c2)C1. The number of likely N-dealkylation sites (N-methyl/N-ethyl adjacent to an activating group) is 1. The molecule has 2 aliphatic rings. The smallest absolute Gasteiger partial charge is 0.262 e. The number of nitrogens with zero attached hydrogens (tertiary/aromatic N) is 5. The number of amides is 2. The molecule has 4 rings (SSSR count). The van der Waals surface area contributed by atoms with E-state index in [0.29, 0.717) is 13.1 Å². The fourth-order valence-corrected chi connectivity index (χ4v) is 4.31. The fourth-order valence-electron chi connectivity index (χ4n) is 4.31. The van der Waals surface area contributed by atoms with Crippen molar-refractivity contribution in [1.29, 1.82) is 0 Å². The Kier molecular flexibility index (Phi) is 6.25. The third kappa shape index (κ3) is 4.66. The van der Waals surface area contributed by atoms with E-state index >= 15 is 0 Å². The van der Waals surface area contributed by atoms with E-state index in [1.54, 1.807) is 27.7 Å². The van der Waals surface area contributed by atoms with Crippen molar-refractivity contribution >= 4 is 11.8 Å². The van der Waals surface area contributed by atoms with Crippen molar-refractivity contribution in [2.45, 2.75) is 31.0 Å². The Morgan fingerprint density at radius 3 is 2.66 bits per heavy atom. The molecule has 172 valence electrons. The number of methoxy groups -OCH3 is 1. The van der Waals surface area contributed by atoms with Gasteiger partial charge in [0.05, 0.1) is 24.5 Å². The number of rotatable bonds is 7. The highest BCUT2D eigenvalue weighted by Gasteiger charge is 2.53. The largest absolute Gasteiger partial charge is 0.375 e. The maximum absolute atomic E-state index is 14.3. The second-order valence-electron chi connectivity index (χ2n) is 8.46. The van der Waals surface area contributed by atoms with E-state index < -0.39 is 24.9 Å². The van der Waals surface area contributed by atoms with Crippen molar-refractivity contribution in [3.8, 4) is 5.69 Å². The molecule has 1 aromatic carbocycles. The number of benzene rings is 1. The van der Waals surface area contributed by atoms with Crippen LogP contribution >= 0.6 is 0 Å². The highest BCUT2D eigenvalue weighted by atomic mass is 19.3. The van der Waals surface area contributed by atoms with Crippen LogP contribution in [0.5, 0.6) is 0 Å². The van der Waals surface area contributed by atoms with Gasteiger partial charge in [-0.3, -0.25) is 14.5 Å². The third-order valence-electron chi connectivity index (χ3n) is 6.00. The molecule has 0 radical (unpaired) electrons. The fraction of sp³-hybridized carbons (Fsp3) is 0.500. The first-order chi connectivity index (χ1) is 15.3. The monoisotopic (exact) mass is 447 g/mol. The number of carbonyl (C=O) groups is 2. The van der Waals surface area contributed by atoms with Gasteiger partial charge in [0, 0.05) is 58.0 Å². The zero-order chi connectivity index (χ0) is 22.9. The highest BCUT2D eigenvalue weighted by molar-refractivity contribution is 5.82. The average Bonchev–Trinajstić information content (AvgIpc) is 3.31. The minimum atomic E-state index is -2.93. The van der Waals surface area contributed by atoms with Gasteiger partial charge in [-0.2, -0.15) is 5.10 Å². The van der Waals surface area contributed by atoms with E-state index in [1.807, 2.05) is 36.5 Å². The van der Waals surface area contributed by atoms with Crippen molar-refractivity contribution in [2.24, 2.45) is 0 Å². The van der Waals surface area contributed by atoms with Gasteiger partial charge in [0.15, 0.2) is 0 Å². The lowest BCUT2D eigenvalue weighted by molar-refractivity contribution is -0.145. The highest BCUT2D eigenvalue weighted by Crippen LogP contribution is 2.36. The van der Waals surface area contributed by atoms with Gasteiger partial charge in [-0.15, -0.1) is 0 Å². The van der Waals surface area contributed by atoms with Crippen LogP contribution in [0.15, 0.2) is 42.7 Å². The van der Waals surface area contributed by atoms with Gasteiger partial charge in [0.2, 0.25) is 11.8 Å². The molecule has 32 heavy (non-hydrogen) atoms. The topological polar surface area (TPSA) is 70.9 Å². The van der Waals surface area contributed by atoms with Crippen LogP contribution in [0.3, 0.4) is 0 Å². The number of aromatic nitrogens is 2. The van der Waals surface area contributed by atoms with Crippen molar-refractivity contribution < 1.29 is 23.1 Å². The first kappa shape index (κ1) is 22.3. The maximum Gasteiger partial charge on any atom is 0.262 e. The van der Waals surface area contributed by atoms with Gasteiger partial charge >= 0.3 is 0 Å². The van der Waals surface area contributed by atoms with E-state index in [4.69, 9.17) is 4.74 Å². The number of para-hydroxylation sites is 1. The van der Waals surface area contributed by atoms with Crippen LogP contribution in [0.2, 0.25) is 0 Å². The predicted molar refractivity (Wildman–Crippen MR) is 112 cm³/mol. The van der Waals surface area contributed by atoms with Gasteiger partial charge in [-0.1, -0.05) is 18.2 Å². The summed E-state index contributed by atoms with van der Waals surface area (Å²) in [6.07, 6.45) is 2.98. The first-order valence-corrected chi connectivity index (χ1v) is 10.5. The Labute approximate surface area is 185 Å². The Balaban J connectivity index is 1.39. The Morgan fingerprint density at radius 1 is 1.25 bits per heavy atom. The number of hydrogen-bond donors (Lipinski definition) is 0. The molecule has 2 aliphatic heterocycles. The normalized spacial score (nSPS) is 20.9. The second kappa shape index (κ2) is 8.95. The maximum atomic E-state index is 14.3. The van der Waals surface area contributed by atoms with Crippen LogP contribution in [0.1, 0.15) is 12.0 Å². The molecule has 0 unspecified atom stereocenters. The summed E-state index contributed by atoms with van der Waals surface area (Å²) in [5.74, 6) is -3.46. The molecule has 0 aliphatic carbocycles. The summed E-state index contributed by atoms with van der Waals surface area (Å²) < 4.78 is 35.1.